The van der Waals surface area contributed by atoms with Gasteiger partial charge in [0.05, 0.1) is 19.2 Å². The third-order valence-electron chi connectivity index (χ3n) is 3.65. The Hall–Kier alpha value is -1.43. The summed E-state index contributed by atoms with van der Waals surface area (Å²) in [5.41, 5.74) is 1.13. The lowest BCUT2D eigenvalue weighted by Gasteiger charge is -2.18. The lowest BCUT2D eigenvalue weighted by molar-refractivity contribution is -0.141. The minimum absolute atomic E-state index is 0.103. The number of methoxy groups -OCH3 is 1. The number of esters is 1. The number of rotatable bonds is 5. The summed E-state index contributed by atoms with van der Waals surface area (Å²) in [6.07, 6.45) is 4.69. The molecule has 0 radical (unpaired) electrons. The first-order valence-corrected chi connectivity index (χ1v) is 7.79. The summed E-state index contributed by atoms with van der Waals surface area (Å²) in [5.74, 6) is 0.184. The van der Waals surface area contributed by atoms with E-state index in [1.807, 2.05) is 0 Å². The number of hydrogen-bond donors (Lipinski definition) is 1. The van der Waals surface area contributed by atoms with Gasteiger partial charge in [-0.15, -0.1) is 11.3 Å². The second-order valence-electron chi connectivity index (χ2n) is 5.03. The van der Waals surface area contributed by atoms with Gasteiger partial charge in [0.2, 0.25) is 5.91 Å². The van der Waals surface area contributed by atoms with Gasteiger partial charge in [-0.2, -0.15) is 0 Å². The van der Waals surface area contributed by atoms with Gasteiger partial charge in [0.15, 0.2) is 5.13 Å². The molecule has 1 aromatic rings. The Morgan fingerprint density at radius 1 is 1.45 bits per heavy atom. The van der Waals surface area contributed by atoms with Crippen LogP contribution < -0.4 is 5.32 Å². The number of hydrogen-bond acceptors (Lipinski definition) is 5. The molecule has 1 atom stereocenters. The fourth-order valence-electron chi connectivity index (χ4n) is 2.34. The normalized spacial score (nSPS) is 17.4. The van der Waals surface area contributed by atoms with Crippen LogP contribution in [0.25, 0.3) is 0 Å². The summed E-state index contributed by atoms with van der Waals surface area (Å²) in [7, 11) is 1.32. The summed E-state index contributed by atoms with van der Waals surface area (Å²) >= 11 is 1.56. The molecule has 1 N–H and O–H groups in total. The molecule has 0 spiro atoms. The fraction of sp³-hybridized carbons (Fsp3) is 0.643. The lowest BCUT2D eigenvalue weighted by atomic mass is 9.89. The van der Waals surface area contributed by atoms with Crippen molar-refractivity contribution >= 4 is 28.3 Å². The summed E-state index contributed by atoms with van der Waals surface area (Å²) in [6, 6.07) is 0. The van der Waals surface area contributed by atoms with Crippen molar-refractivity contribution in [2.45, 2.75) is 45.4 Å². The number of nitrogens with one attached hydrogen (secondary N) is 1. The summed E-state index contributed by atoms with van der Waals surface area (Å²) < 4.78 is 4.51. The Bertz CT molecular complexity index is 499. The first-order chi connectivity index (χ1) is 9.62. The number of thiazole rings is 1. The molecule has 0 bridgehead atoms. The van der Waals surface area contributed by atoms with Crippen molar-refractivity contribution in [2.75, 3.05) is 12.4 Å². The van der Waals surface area contributed by atoms with E-state index in [2.05, 4.69) is 22.0 Å². The highest BCUT2D eigenvalue weighted by molar-refractivity contribution is 7.15. The van der Waals surface area contributed by atoms with E-state index in [-0.39, 0.29) is 24.7 Å². The molecule has 0 aromatic carbocycles. The standard InChI is InChI=1S/C14H20N2O3S/c1-3-9-4-5-10-11(8-9)20-14(15-10)16-12(17)6-7-13(18)19-2/h9H,3-8H2,1-2H3,(H,15,16,17)/t9-/m1/s1. The van der Waals surface area contributed by atoms with E-state index in [1.54, 1.807) is 11.3 Å². The topological polar surface area (TPSA) is 68.3 Å². The third-order valence-corrected chi connectivity index (χ3v) is 4.68. The second-order valence-corrected chi connectivity index (χ2v) is 6.11. The number of fused-ring (bicyclic) bond motifs is 1. The van der Waals surface area contributed by atoms with E-state index in [0.29, 0.717) is 5.13 Å². The number of carbonyl (C=O) groups excluding carboxylic acids is 2. The van der Waals surface area contributed by atoms with Crippen LogP contribution in [0.1, 0.15) is 43.2 Å². The maximum atomic E-state index is 11.7. The Balaban J connectivity index is 1.89. The average Bonchev–Trinajstić information content (AvgIpc) is 2.85. The van der Waals surface area contributed by atoms with E-state index in [1.165, 1.54) is 24.8 Å². The predicted octanol–water partition coefficient (Wildman–Crippen LogP) is 2.55. The number of anilines is 1. The quantitative estimate of drug-likeness (QED) is 0.848. The van der Waals surface area contributed by atoms with Gasteiger partial charge < -0.3 is 10.1 Å². The first kappa shape index (κ1) is 15.0. The maximum Gasteiger partial charge on any atom is 0.306 e. The first-order valence-electron chi connectivity index (χ1n) is 6.97. The van der Waals surface area contributed by atoms with Crippen LogP contribution in [0.4, 0.5) is 5.13 Å². The highest BCUT2D eigenvalue weighted by Gasteiger charge is 2.22. The highest BCUT2D eigenvalue weighted by Crippen LogP contribution is 2.33. The van der Waals surface area contributed by atoms with Crippen LogP contribution in [0.15, 0.2) is 0 Å². The van der Waals surface area contributed by atoms with Gasteiger partial charge in [-0.05, 0) is 25.2 Å². The van der Waals surface area contributed by atoms with Crippen LogP contribution in [0, 0.1) is 5.92 Å². The largest absolute Gasteiger partial charge is 0.469 e. The van der Waals surface area contributed by atoms with Gasteiger partial charge in [0.1, 0.15) is 0 Å². The third kappa shape index (κ3) is 3.79. The Labute approximate surface area is 122 Å². The molecule has 2 rings (SSSR count). The molecule has 110 valence electrons. The molecule has 1 aliphatic carbocycles. The van der Waals surface area contributed by atoms with Crippen molar-refractivity contribution in [1.82, 2.24) is 4.98 Å². The van der Waals surface area contributed by atoms with Crippen LogP contribution in [0.2, 0.25) is 0 Å². The van der Waals surface area contributed by atoms with Crippen LogP contribution in [-0.4, -0.2) is 24.0 Å². The van der Waals surface area contributed by atoms with Crippen molar-refractivity contribution < 1.29 is 14.3 Å². The molecule has 1 aliphatic rings. The molecule has 1 heterocycles. The van der Waals surface area contributed by atoms with Gasteiger partial charge in [0, 0.05) is 11.3 Å². The number of aromatic nitrogens is 1. The Morgan fingerprint density at radius 2 is 2.25 bits per heavy atom. The molecule has 0 saturated heterocycles. The molecule has 20 heavy (non-hydrogen) atoms. The van der Waals surface area contributed by atoms with Crippen LogP contribution in [0.5, 0.6) is 0 Å². The minimum atomic E-state index is -0.371. The number of amides is 1. The van der Waals surface area contributed by atoms with E-state index >= 15 is 0 Å². The zero-order valence-electron chi connectivity index (χ0n) is 11.9. The average molecular weight is 296 g/mol. The molecule has 0 fully saturated rings. The van der Waals surface area contributed by atoms with Crippen molar-refractivity contribution in [1.29, 1.82) is 0 Å². The van der Waals surface area contributed by atoms with Gasteiger partial charge >= 0.3 is 5.97 Å². The molecule has 1 aromatic heterocycles. The molecular weight excluding hydrogens is 276 g/mol. The zero-order valence-corrected chi connectivity index (χ0v) is 12.7. The van der Waals surface area contributed by atoms with E-state index < -0.39 is 0 Å². The highest BCUT2D eigenvalue weighted by atomic mass is 32.1. The molecule has 0 aliphatic heterocycles. The van der Waals surface area contributed by atoms with Crippen LogP contribution in [0.3, 0.4) is 0 Å². The number of ether oxygens (including phenoxy) is 1. The molecule has 1 amide bonds. The predicted molar refractivity (Wildman–Crippen MR) is 77.8 cm³/mol. The van der Waals surface area contributed by atoms with E-state index in [4.69, 9.17) is 0 Å². The Morgan fingerprint density at radius 3 is 2.95 bits per heavy atom. The summed E-state index contributed by atoms with van der Waals surface area (Å²) in [5, 5.41) is 3.43. The fourth-order valence-corrected chi connectivity index (χ4v) is 3.48. The smallest absolute Gasteiger partial charge is 0.306 e. The van der Waals surface area contributed by atoms with Crippen LogP contribution in [-0.2, 0) is 27.2 Å². The van der Waals surface area contributed by atoms with Crippen LogP contribution >= 0.6 is 11.3 Å². The zero-order chi connectivity index (χ0) is 14.5. The number of carbonyl (C=O) groups is 2. The van der Waals surface area contributed by atoms with Gasteiger partial charge in [-0.1, -0.05) is 13.3 Å². The molecule has 6 heteroatoms. The number of aryl methyl sites for hydroxylation is 1. The summed E-state index contributed by atoms with van der Waals surface area (Å²) in [4.78, 5) is 28.5. The van der Waals surface area contributed by atoms with Crippen molar-refractivity contribution in [3.63, 3.8) is 0 Å². The van der Waals surface area contributed by atoms with E-state index in [0.717, 1.165) is 24.5 Å². The number of nitrogens with zero attached hydrogens (tertiary/aromatic N) is 1. The van der Waals surface area contributed by atoms with Crippen molar-refractivity contribution in [2.24, 2.45) is 5.92 Å². The van der Waals surface area contributed by atoms with Gasteiger partial charge in [0.25, 0.3) is 0 Å². The monoisotopic (exact) mass is 296 g/mol. The molecule has 5 nitrogen and oxygen atoms in total. The second kappa shape index (κ2) is 6.83. The van der Waals surface area contributed by atoms with Crippen molar-refractivity contribution in [3.8, 4) is 0 Å². The molecule has 0 saturated carbocycles. The minimum Gasteiger partial charge on any atom is -0.469 e. The summed E-state index contributed by atoms with van der Waals surface area (Å²) in [6.45, 7) is 2.21. The molecule has 0 unspecified atom stereocenters. The van der Waals surface area contributed by atoms with Crippen molar-refractivity contribution in [3.05, 3.63) is 10.6 Å². The maximum absolute atomic E-state index is 11.7. The van der Waals surface area contributed by atoms with Gasteiger partial charge in [-0.25, -0.2) is 4.98 Å². The van der Waals surface area contributed by atoms with Gasteiger partial charge in [-0.3, -0.25) is 9.59 Å². The SMILES string of the molecule is CC[C@@H]1CCc2nc(NC(=O)CCC(=O)OC)sc2C1. The van der Waals surface area contributed by atoms with E-state index in [9.17, 15) is 9.59 Å². The molecular formula is C14H20N2O3S. The Kier molecular flexibility index (Phi) is 5.11. The lowest BCUT2D eigenvalue weighted by Crippen LogP contribution is -2.14.